The van der Waals surface area contributed by atoms with E-state index in [2.05, 4.69) is 13.8 Å². The third kappa shape index (κ3) is 2.06. The topological polar surface area (TPSA) is 54.4 Å². The maximum atomic E-state index is 12.2. The number of Topliss-reactive ketones (excluding diaryl/α,β-unsaturated/α-hetero) is 1. The maximum absolute atomic E-state index is 12.2. The Morgan fingerprint density at radius 2 is 1.92 bits per heavy atom. The molecule has 0 amide bonds. The number of carbonyl (C=O) groups excluding carboxylic acids is 2. The molecule has 0 aromatic heterocycles. The Kier molecular flexibility index (Phi) is 3.62. The van der Waals surface area contributed by atoms with Crippen molar-refractivity contribution >= 4 is 11.6 Å². The molecule has 0 aliphatic heterocycles. The van der Waals surface area contributed by atoms with Crippen LogP contribution in [0.2, 0.25) is 0 Å². The Morgan fingerprint density at radius 1 is 1.17 bits per heavy atom. The van der Waals surface area contributed by atoms with Gasteiger partial charge in [0.2, 0.25) is 0 Å². The highest BCUT2D eigenvalue weighted by Gasteiger charge is 2.62. The second-order valence-electron chi connectivity index (χ2n) is 9.40. The Labute approximate surface area is 144 Å². The molecule has 132 valence electrons. The molecule has 0 saturated heterocycles. The molecule has 4 rings (SSSR count). The Morgan fingerprint density at radius 3 is 2.62 bits per heavy atom. The lowest BCUT2D eigenvalue weighted by atomic mass is 9.46. The summed E-state index contributed by atoms with van der Waals surface area (Å²) in [6, 6.07) is 0. The summed E-state index contributed by atoms with van der Waals surface area (Å²) in [5.41, 5.74) is 1.51. The van der Waals surface area contributed by atoms with E-state index in [1.54, 1.807) is 6.92 Å². The Balaban J connectivity index is 1.69. The van der Waals surface area contributed by atoms with Crippen LogP contribution < -0.4 is 0 Å². The van der Waals surface area contributed by atoms with Gasteiger partial charge in [0, 0.05) is 12.3 Å². The van der Waals surface area contributed by atoms with Crippen LogP contribution in [0.1, 0.15) is 65.7 Å². The average Bonchev–Trinajstić information content (AvgIpc) is 2.78. The summed E-state index contributed by atoms with van der Waals surface area (Å²) in [6.45, 7) is 6.29. The highest BCUT2D eigenvalue weighted by atomic mass is 16.3. The van der Waals surface area contributed by atoms with Crippen LogP contribution in [0.3, 0.4) is 0 Å². The van der Waals surface area contributed by atoms with E-state index in [0.29, 0.717) is 30.0 Å². The van der Waals surface area contributed by atoms with Crippen molar-refractivity contribution in [2.75, 3.05) is 0 Å². The largest absolute Gasteiger partial charge is 0.392 e. The number of hydrogen-bond donors (Lipinski definition) is 1. The number of aliphatic hydroxyl groups excluding tert-OH is 1. The molecule has 3 fully saturated rings. The summed E-state index contributed by atoms with van der Waals surface area (Å²) < 4.78 is 0. The molecule has 3 nitrogen and oxygen atoms in total. The van der Waals surface area contributed by atoms with E-state index >= 15 is 0 Å². The fraction of sp³-hybridized carbons (Fsp3) is 0.810. The van der Waals surface area contributed by atoms with Gasteiger partial charge in [-0.25, -0.2) is 0 Å². The van der Waals surface area contributed by atoms with Crippen LogP contribution in [0.15, 0.2) is 11.6 Å². The zero-order chi connectivity index (χ0) is 17.3. The maximum Gasteiger partial charge on any atom is 0.155 e. The number of carbonyl (C=O) groups is 2. The molecule has 4 aliphatic carbocycles. The van der Waals surface area contributed by atoms with Crippen molar-refractivity contribution in [2.45, 2.75) is 71.8 Å². The highest BCUT2D eigenvalue weighted by Crippen LogP contribution is 2.66. The zero-order valence-corrected chi connectivity index (χ0v) is 15.2. The lowest BCUT2D eigenvalue weighted by Gasteiger charge is -2.57. The van der Waals surface area contributed by atoms with Gasteiger partial charge in [0.15, 0.2) is 5.78 Å². The van der Waals surface area contributed by atoms with Crippen LogP contribution in [-0.2, 0) is 9.59 Å². The molecule has 0 radical (unpaired) electrons. The fourth-order valence-corrected chi connectivity index (χ4v) is 7.31. The monoisotopic (exact) mass is 330 g/mol. The molecule has 3 saturated carbocycles. The summed E-state index contributed by atoms with van der Waals surface area (Å²) in [5, 5.41) is 10.6. The summed E-state index contributed by atoms with van der Waals surface area (Å²) in [5.74, 6) is 1.95. The van der Waals surface area contributed by atoms with Gasteiger partial charge in [-0.05, 0) is 80.1 Å². The molecule has 0 spiro atoms. The van der Waals surface area contributed by atoms with Gasteiger partial charge in [0.05, 0.1) is 6.10 Å². The summed E-state index contributed by atoms with van der Waals surface area (Å²) in [6.07, 6.45) is 8.26. The number of aliphatic hydroxyl groups is 1. The minimum Gasteiger partial charge on any atom is -0.392 e. The van der Waals surface area contributed by atoms with E-state index in [0.717, 1.165) is 38.5 Å². The minimum atomic E-state index is -0.464. The molecule has 0 bridgehead atoms. The van der Waals surface area contributed by atoms with Gasteiger partial charge in [0.1, 0.15) is 5.78 Å². The van der Waals surface area contributed by atoms with Gasteiger partial charge >= 0.3 is 0 Å². The van der Waals surface area contributed by atoms with E-state index < -0.39 is 6.10 Å². The number of hydrogen-bond acceptors (Lipinski definition) is 3. The molecular formula is C21H30O3. The predicted molar refractivity (Wildman–Crippen MR) is 92.3 cm³/mol. The molecule has 3 heteroatoms. The van der Waals surface area contributed by atoms with Crippen molar-refractivity contribution in [3.05, 3.63) is 11.6 Å². The predicted octanol–water partition coefficient (Wildman–Crippen LogP) is 3.69. The SMILES string of the molecule is CC(=O)[C@H]1[C@@H](O)C[C@@H]2[C@@H]3CCC4=CC(=O)CC[C@]4(C)[C@@H]3CC[C@@]21C. The first kappa shape index (κ1) is 16.5. The standard InChI is InChI=1S/C21H30O3/c1-12(22)19-18(24)11-17-15-5-4-13-10-14(23)6-8-20(13,2)16(15)7-9-21(17,19)3/h10,15-19,24H,4-9,11H2,1-3H3/t15-,16-,17-,18+,19+,20+,21+/m1/s1. The van der Waals surface area contributed by atoms with Crippen LogP contribution in [-0.4, -0.2) is 22.8 Å². The van der Waals surface area contributed by atoms with Crippen LogP contribution in [0.4, 0.5) is 0 Å². The quantitative estimate of drug-likeness (QED) is 0.797. The molecule has 0 aromatic carbocycles. The molecule has 0 aromatic rings. The minimum absolute atomic E-state index is 0.0333. The van der Waals surface area contributed by atoms with Crippen LogP contribution >= 0.6 is 0 Å². The highest BCUT2D eigenvalue weighted by molar-refractivity contribution is 5.91. The molecule has 4 aliphatic rings. The Hall–Kier alpha value is -0.960. The van der Waals surface area contributed by atoms with Crippen LogP contribution in [0, 0.1) is 34.5 Å². The van der Waals surface area contributed by atoms with Crippen molar-refractivity contribution in [3.63, 3.8) is 0 Å². The molecule has 0 heterocycles. The summed E-state index contributed by atoms with van der Waals surface area (Å²) >= 11 is 0. The van der Waals surface area contributed by atoms with Crippen LogP contribution in [0.25, 0.3) is 0 Å². The lowest BCUT2D eigenvalue weighted by Crippen LogP contribution is -2.51. The van der Waals surface area contributed by atoms with Crippen molar-refractivity contribution in [2.24, 2.45) is 34.5 Å². The first-order valence-corrected chi connectivity index (χ1v) is 9.70. The van der Waals surface area contributed by atoms with Gasteiger partial charge < -0.3 is 5.11 Å². The second-order valence-corrected chi connectivity index (χ2v) is 9.40. The molecule has 24 heavy (non-hydrogen) atoms. The van der Waals surface area contributed by atoms with Crippen LogP contribution in [0.5, 0.6) is 0 Å². The lowest BCUT2D eigenvalue weighted by molar-refractivity contribution is -0.131. The first-order valence-electron chi connectivity index (χ1n) is 9.70. The molecular weight excluding hydrogens is 300 g/mol. The van der Waals surface area contributed by atoms with Gasteiger partial charge in [-0.2, -0.15) is 0 Å². The van der Waals surface area contributed by atoms with Crippen molar-refractivity contribution in [3.8, 4) is 0 Å². The van der Waals surface area contributed by atoms with E-state index in [1.807, 2.05) is 6.08 Å². The summed E-state index contributed by atoms with van der Waals surface area (Å²) in [4.78, 5) is 24.1. The first-order chi connectivity index (χ1) is 11.3. The molecule has 7 atom stereocenters. The fourth-order valence-electron chi connectivity index (χ4n) is 7.31. The van der Waals surface area contributed by atoms with E-state index in [1.165, 1.54) is 5.57 Å². The third-order valence-corrected chi connectivity index (χ3v) is 8.43. The third-order valence-electron chi connectivity index (χ3n) is 8.43. The second kappa shape index (κ2) is 5.27. The average molecular weight is 330 g/mol. The van der Waals surface area contributed by atoms with Gasteiger partial charge in [0.25, 0.3) is 0 Å². The van der Waals surface area contributed by atoms with Gasteiger partial charge in [-0.15, -0.1) is 0 Å². The smallest absolute Gasteiger partial charge is 0.155 e. The molecule has 0 unspecified atom stereocenters. The van der Waals surface area contributed by atoms with E-state index in [9.17, 15) is 14.7 Å². The van der Waals surface area contributed by atoms with Crippen molar-refractivity contribution in [1.29, 1.82) is 0 Å². The number of allylic oxidation sites excluding steroid dienone is 1. The Bertz CT molecular complexity index is 621. The number of ketones is 2. The number of rotatable bonds is 1. The van der Waals surface area contributed by atoms with Gasteiger partial charge in [-0.3, -0.25) is 9.59 Å². The number of fused-ring (bicyclic) bond motifs is 5. The normalized spacial score (nSPS) is 50.6. The van der Waals surface area contributed by atoms with E-state index in [4.69, 9.17) is 0 Å². The van der Waals surface area contributed by atoms with Crippen molar-refractivity contribution < 1.29 is 14.7 Å². The van der Waals surface area contributed by atoms with E-state index in [-0.39, 0.29) is 22.5 Å². The summed E-state index contributed by atoms with van der Waals surface area (Å²) in [7, 11) is 0. The molecule has 1 N–H and O–H groups in total. The zero-order valence-electron chi connectivity index (χ0n) is 15.2. The van der Waals surface area contributed by atoms with Crippen molar-refractivity contribution in [1.82, 2.24) is 0 Å². The van der Waals surface area contributed by atoms with Gasteiger partial charge in [-0.1, -0.05) is 19.4 Å².